The van der Waals surface area contributed by atoms with Crippen molar-refractivity contribution in [2.75, 3.05) is 25.1 Å². The molecule has 0 bridgehead atoms. The first kappa shape index (κ1) is 15.0. The Morgan fingerprint density at radius 3 is 2.70 bits per heavy atom. The highest BCUT2D eigenvalue weighted by Crippen LogP contribution is 2.32. The molecule has 0 radical (unpaired) electrons. The molecule has 0 saturated carbocycles. The van der Waals surface area contributed by atoms with Crippen LogP contribution in [0.15, 0.2) is 41.0 Å². The monoisotopic (exact) mass is 316 g/mol. The summed E-state index contributed by atoms with van der Waals surface area (Å²) in [4.78, 5) is 23.5. The number of hydrogen-bond donors (Lipinski definition) is 2. The predicted octanol–water partition coefficient (Wildman–Crippen LogP) is 1.81. The Morgan fingerprint density at radius 1 is 1.09 bits per heavy atom. The Balaban J connectivity index is 1.47. The minimum absolute atomic E-state index is 0.154. The maximum absolute atomic E-state index is 11.9. The Hall–Kier alpha value is -2.96. The van der Waals surface area contributed by atoms with Gasteiger partial charge in [0, 0.05) is 24.7 Å². The van der Waals surface area contributed by atoms with Crippen molar-refractivity contribution in [1.82, 2.24) is 5.32 Å². The summed E-state index contributed by atoms with van der Waals surface area (Å²) in [6, 6.07) is 8.40. The largest absolute Gasteiger partial charge is 0.486 e. The summed E-state index contributed by atoms with van der Waals surface area (Å²) in [7, 11) is 0. The predicted molar refractivity (Wildman–Crippen MR) is 81.7 cm³/mol. The van der Waals surface area contributed by atoms with Crippen LogP contribution in [0.3, 0.4) is 0 Å². The molecule has 0 saturated heterocycles. The third kappa shape index (κ3) is 3.82. The van der Waals surface area contributed by atoms with Gasteiger partial charge in [0.2, 0.25) is 5.91 Å². The molecule has 2 amide bonds. The van der Waals surface area contributed by atoms with Gasteiger partial charge in [-0.3, -0.25) is 9.59 Å². The average Bonchev–Trinajstić information content (AvgIpc) is 3.09. The summed E-state index contributed by atoms with van der Waals surface area (Å²) < 4.78 is 15.8. The highest BCUT2D eigenvalue weighted by molar-refractivity contribution is 5.93. The zero-order valence-electron chi connectivity index (χ0n) is 12.3. The van der Waals surface area contributed by atoms with Crippen LogP contribution in [0.1, 0.15) is 17.0 Å². The van der Waals surface area contributed by atoms with E-state index in [0.717, 1.165) is 0 Å². The second-order valence-corrected chi connectivity index (χ2v) is 4.89. The molecule has 23 heavy (non-hydrogen) atoms. The third-order valence-electron chi connectivity index (χ3n) is 3.21. The van der Waals surface area contributed by atoms with Gasteiger partial charge in [-0.1, -0.05) is 0 Å². The van der Waals surface area contributed by atoms with E-state index in [4.69, 9.17) is 13.9 Å². The van der Waals surface area contributed by atoms with Gasteiger partial charge in [0.15, 0.2) is 17.3 Å². The van der Waals surface area contributed by atoms with E-state index in [1.54, 1.807) is 30.3 Å². The van der Waals surface area contributed by atoms with Gasteiger partial charge in [-0.15, -0.1) is 0 Å². The molecule has 0 atom stereocenters. The molecular weight excluding hydrogens is 300 g/mol. The lowest BCUT2D eigenvalue weighted by Crippen LogP contribution is -2.27. The maximum Gasteiger partial charge on any atom is 0.286 e. The molecule has 2 aromatic rings. The first-order valence-corrected chi connectivity index (χ1v) is 7.23. The number of anilines is 1. The van der Waals surface area contributed by atoms with Crippen molar-refractivity contribution < 1.29 is 23.5 Å². The van der Waals surface area contributed by atoms with Gasteiger partial charge >= 0.3 is 0 Å². The van der Waals surface area contributed by atoms with E-state index in [9.17, 15) is 9.59 Å². The van der Waals surface area contributed by atoms with Crippen LogP contribution in [0, 0.1) is 0 Å². The van der Waals surface area contributed by atoms with Crippen LogP contribution in [0.5, 0.6) is 11.5 Å². The Bertz CT molecular complexity index is 697. The maximum atomic E-state index is 11.9. The van der Waals surface area contributed by atoms with Crippen molar-refractivity contribution in [3.8, 4) is 11.5 Å². The van der Waals surface area contributed by atoms with Gasteiger partial charge in [-0.25, -0.2) is 0 Å². The summed E-state index contributed by atoms with van der Waals surface area (Å²) in [5.41, 5.74) is 0.622. The van der Waals surface area contributed by atoms with Crippen molar-refractivity contribution >= 4 is 17.5 Å². The lowest BCUT2D eigenvalue weighted by atomic mass is 10.2. The number of hydrogen-bond acceptors (Lipinski definition) is 5. The smallest absolute Gasteiger partial charge is 0.286 e. The number of carbonyl (C=O) groups excluding carboxylic acids is 2. The topological polar surface area (TPSA) is 89.8 Å². The van der Waals surface area contributed by atoms with Gasteiger partial charge in [0.1, 0.15) is 13.2 Å². The highest BCUT2D eigenvalue weighted by atomic mass is 16.6. The molecule has 2 heterocycles. The molecule has 0 aliphatic carbocycles. The van der Waals surface area contributed by atoms with Crippen LogP contribution in [-0.4, -0.2) is 31.6 Å². The molecule has 1 aliphatic heterocycles. The van der Waals surface area contributed by atoms with Crippen LogP contribution in [0.2, 0.25) is 0 Å². The SMILES string of the molecule is O=C(CCNC(=O)c1ccco1)Nc1ccc2c(c1)OCCO2. The van der Waals surface area contributed by atoms with Crippen LogP contribution < -0.4 is 20.1 Å². The zero-order valence-corrected chi connectivity index (χ0v) is 12.3. The van der Waals surface area contributed by atoms with Crippen molar-refractivity contribution in [1.29, 1.82) is 0 Å². The number of amides is 2. The fraction of sp³-hybridized carbons (Fsp3) is 0.250. The standard InChI is InChI=1S/C16H16N2O5/c19-15(5-6-17-16(20)13-2-1-7-21-13)18-11-3-4-12-14(10-11)23-9-8-22-12/h1-4,7,10H,5-6,8-9H2,(H,17,20)(H,18,19). The summed E-state index contributed by atoms with van der Waals surface area (Å²) in [6.45, 7) is 1.23. The van der Waals surface area contributed by atoms with Crippen molar-refractivity contribution in [3.63, 3.8) is 0 Å². The normalized spacial score (nSPS) is 12.5. The molecule has 1 aromatic carbocycles. The van der Waals surface area contributed by atoms with Crippen LogP contribution in [-0.2, 0) is 4.79 Å². The molecule has 0 unspecified atom stereocenters. The van der Waals surface area contributed by atoms with Gasteiger partial charge in [0.05, 0.1) is 6.26 Å². The first-order chi connectivity index (χ1) is 11.2. The molecule has 120 valence electrons. The molecule has 7 heteroatoms. The van der Waals surface area contributed by atoms with E-state index in [1.807, 2.05) is 0 Å². The number of benzene rings is 1. The second-order valence-electron chi connectivity index (χ2n) is 4.89. The number of ether oxygens (including phenoxy) is 2. The summed E-state index contributed by atoms with van der Waals surface area (Å²) in [6.07, 6.45) is 1.57. The molecule has 1 aliphatic rings. The lowest BCUT2D eigenvalue weighted by Gasteiger charge is -2.19. The molecular formula is C16H16N2O5. The van der Waals surface area contributed by atoms with E-state index in [2.05, 4.69) is 10.6 Å². The molecule has 7 nitrogen and oxygen atoms in total. The van der Waals surface area contributed by atoms with Gasteiger partial charge < -0.3 is 24.5 Å². The van der Waals surface area contributed by atoms with Crippen molar-refractivity contribution in [3.05, 3.63) is 42.4 Å². The number of furan rings is 1. The van der Waals surface area contributed by atoms with Gasteiger partial charge in [-0.2, -0.15) is 0 Å². The first-order valence-electron chi connectivity index (χ1n) is 7.23. The summed E-state index contributed by atoms with van der Waals surface area (Å²) >= 11 is 0. The van der Waals surface area contributed by atoms with Crippen LogP contribution >= 0.6 is 0 Å². The summed E-state index contributed by atoms with van der Waals surface area (Å²) in [5, 5.41) is 5.36. The van der Waals surface area contributed by atoms with E-state index < -0.39 is 0 Å². The second kappa shape index (κ2) is 6.87. The van der Waals surface area contributed by atoms with E-state index >= 15 is 0 Å². The van der Waals surface area contributed by atoms with Crippen LogP contribution in [0.4, 0.5) is 5.69 Å². The molecule has 0 fully saturated rings. The fourth-order valence-electron chi connectivity index (χ4n) is 2.13. The zero-order chi connectivity index (χ0) is 16.1. The average molecular weight is 316 g/mol. The lowest BCUT2D eigenvalue weighted by molar-refractivity contribution is -0.116. The molecule has 1 aromatic heterocycles. The minimum atomic E-state index is -0.345. The molecule has 2 N–H and O–H groups in total. The summed E-state index contributed by atoms with van der Waals surface area (Å²) in [5.74, 6) is 0.945. The number of carbonyl (C=O) groups is 2. The van der Waals surface area contributed by atoms with E-state index in [0.29, 0.717) is 30.4 Å². The Morgan fingerprint density at radius 2 is 1.91 bits per heavy atom. The van der Waals surface area contributed by atoms with Crippen molar-refractivity contribution in [2.45, 2.75) is 6.42 Å². The minimum Gasteiger partial charge on any atom is -0.486 e. The quantitative estimate of drug-likeness (QED) is 0.878. The van der Waals surface area contributed by atoms with E-state index in [-0.39, 0.29) is 30.5 Å². The highest BCUT2D eigenvalue weighted by Gasteiger charge is 2.13. The number of rotatable bonds is 5. The Labute approximate surface area is 132 Å². The van der Waals surface area contributed by atoms with Gasteiger partial charge in [-0.05, 0) is 24.3 Å². The van der Waals surface area contributed by atoms with E-state index in [1.165, 1.54) is 6.26 Å². The third-order valence-corrected chi connectivity index (χ3v) is 3.21. The molecule has 0 spiro atoms. The van der Waals surface area contributed by atoms with Gasteiger partial charge in [0.25, 0.3) is 5.91 Å². The number of nitrogens with one attached hydrogen (secondary N) is 2. The molecule has 3 rings (SSSR count). The van der Waals surface area contributed by atoms with Crippen LogP contribution in [0.25, 0.3) is 0 Å². The number of fused-ring (bicyclic) bond motifs is 1. The van der Waals surface area contributed by atoms with Crippen molar-refractivity contribution in [2.24, 2.45) is 0 Å². The Kier molecular flexibility index (Phi) is 4.46. The fourth-order valence-corrected chi connectivity index (χ4v) is 2.13.